The zero-order valence-corrected chi connectivity index (χ0v) is 15.9. The number of carbonyl (C=O) groups excluding carboxylic acids is 1. The normalized spacial score (nSPS) is 14.5. The van der Waals surface area contributed by atoms with E-state index in [0.717, 1.165) is 24.4 Å². The molecule has 146 valence electrons. The molecule has 1 N–H and O–H groups in total. The lowest BCUT2D eigenvalue weighted by Gasteiger charge is -2.20. The fourth-order valence-electron chi connectivity index (χ4n) is 2.74. The van der Waals surface area contributed by atoms with Gasteiger partial charge in [0.1, 0.15) is 0 Å². The van der Waals surface area contributed by atoms with E-state index >= 15 is 0 Å². The van der Waals surface area contributed by atoms with E-state index in [1.807, 2.05) is 17.5 Å². The summed E-state index contributed by atoms with van der Waals surface area (Å²) in [7, 11) is 1.48. The van der Waals surface area contributed by atoms with Gasteiger partial charge < -0.3 is 18.8 Å². The second kappa shape index (κ2) is 8.31. The number of nitrogens with zero attached hydrogens (tertiary/aromatic N) is 5. The zero-order chi connectivity index (χ0) is 19.3. The number of methoxy groups -OCH3 is 1. The lowest BCUT2D eigenvalue weighted by atomic mass is 10.3. The topological polar surface area (TPSA) is 116 Å². The summed E-state index contributed by atoms with van der Waals surface area (Å²) in [6.45, 7) is 2.85. The Hall–Kier alpha value is -3.05. The Balaban J connectivity index is 1.50. The van der Waals surface area contributed by atoms with Crippen LogP contribution in [0.3, 0.4) is 0 Å². The first-order valence-electron chi connectivity index (χ1n) is 8.68. The number of hydrogen-bond donors (Lipinski definition) is 1. The van der Waals surface area contributed by atoms with E-state index in [9.17, 15) is 4.79 Å². The molecule has 4 rings (SSSR count). The minimum atomic E-state index is -0.545. The van der Waals surface area contributed by atoms with E-state index in [-0.39, 0.29) is 11.7 Å². The van der Waals surface area contributed by atoms with Crippen LogP contribution in [0.25, 0.3) is 10.8 Å². The van der Waals surface area contributed by atoms with Crippen LogP contribution in [-0.4, -0.2) is 59.7 Å². The molecule has 4 heterocycles. The van der Waals surface area contributed by atoms with Crippen molar-refractivity contribution in [2.24, 2.45) is 0 Å². The van der Waals surface area contributed by atoms with Crippen LogP contribution >= 0.6 is 11.3 Å². The fraction of sp³-hybridized carbons (Fsp3) is 0.353. The van der Waals surface area contributed by atoms with Crippen LogP contribution in [0.15, 0.2) is 28.0 Å². The summed E-state index contributed by atoms with van der Waals surface area (Å²) < 4.78 is 16.3. The highest BCUT2D eigenvalue weighted by molar-refractivity contribution is 7.13. The van der Waals surface area contributed by atoms with E-state index in [0.29, 0.717) is 30.6 Å². The van der Waals surface area contributed by atoms with Gasteiger partial charge in [-0.15, -0.1) is 26.6 Å². The highest BCUT2D eigenvalue weighted by atomic mass is 32.1. The van der Waals surface area contributed by atoms with Crippen LogP contribution in [-0.2, 0) is 4.74 Å². The Bertz CT molecular complexity index is 937. The van der Waals surface area contributed by atoms with Crippen molar-refractivity contribution < 1.29 is 18.7 Å². The predicted molar refractivity (Wildman–Crippen MR) is 102 cm³/mol. The molecule has 0 unspecified atom stereocenters. The van der Waals surface area contributed by atoms with Gasteiger partial charge in [0.15, 0.2) is 17.3 Å². The molecular weight excluding hydrogens is 384 g/mol. The van der Waals surface area contributed by atoms with Crippen LogP contribution in [0, 0.1) is 0 Å². The maximum Gasteiger partial charge on any atom is 0.322 e. The van der Waals surface area contributed by atoms with Crippen molar-refractivity contribution in [1.82, 2.24) is 20.4 Å². The van der Waals surface area contributed by atoms with E-state index < -0.39 is 5.91 Å². The van der Waals surface area contributed by atoms with Crippen LogP contribution in [0.4, 0.5) is 11.8 Å². The first kappa shape index (κ1) is 18.3. The monoisotopic (exact) mass is 402 g/mol. The van der Waals surface area contributed by atoms with Crippen molar-refractivity contribution in [2.75, 3.05) is 43.6 Å². The maximum absolute atomic E-state index is 12.6. The third-order valence-electron chi connectivity index (χ3n) is 4.10. The number of ether oxygens (including phenoxy) is 2. The number of amides is 1. The third kappa shape index (κ3) is 3.94. The number of nitrogens with one attached hydrogen (secondary N) is 1. The molecule has 0 radical (unpaired) electrons. The molecule has 0 saturated carbocycles. The molecule has 28 heavy (non-hydrogen) atoms. The molecule has 0 aliphatic carbocycles. The average molecular weight is 402 g/mol. The lowest BCUT2D eigenvalue weighted by molar-refractivity contribution is 0.101. The first-order chi connectivity index (χ1) is 13.7. The van der Waals surface area contributed by atoms with Crippen molar-refractivity contribution in [2.45, 2.75) is 6.42 Å². The average Bonchev–Trinajstić information content (AvgIpc) is 3.33. The van der Waals surface area contributed by atoms with Crippen molar-refractivity contribution in [3.8, 4) is 16.5 Å². The number of aromatic nitrogens is 4. The second-order valence-electron chi connectivity index (χ2n) is 5.92. The minimum absolute atomic E-state index is 0.0222. The molecule has 1 saturated heterocycles. The van der Waals surface area contributed by atoms with Gasteiger partial charge in [-0.25, -0.2) is 0 Å². The molecule has 0 spiro atoms. The Labute approximate surface area is 164 Å². The van der Waals surface area contributed by atoms with Crippen molar-refractivity contribution in [3.05, 3.63) is 29.3 Å². The van der Waals surface area contributed by atoms with Crippen LogP contribution in [0.5, 0.6) is 5.75 Å². The van der Waals surface area contributed by atoms with Gasteiger partial charge in [-0.1, -0.05) is 11.2 Å². The Morgan fingerprint density at radius 2 is 2.18 bits per heavy atom. The maximum atomic E-state index is 12.6. The molecule has 3 aromatic heterocycles. The SMILES string of the molecule is COc1cc(N2CCCOCC2)nnc1C(=O)Nc1nnc(-c2cccs2)o1. The number of carbonyl (C=O) groups is 1. The van der Waals surface area contributed by atoms with E-state index in [2.05, 4.69) is 30.6 Å². The van der Waals surface area contributed by atoms with Gasteiger partial charge >= 0.3 is 6.01 Å². The van der Waals surface area contributed by atoms with Gasteiger partial charge in [-0.3, -0.25) is 10.1 Å². The minimum Gasteiger partial charge on any atom is -0.494 e. The quantitative estimate of drug-likeness (QED) is 0.684. The van der Waals surface area contributed by atoms with Gasteiger partial charge in [-0.2, -0.15) is 0 Å². The molecule has 1 fully saturated rings. The first-order valence-corrected chi connectivity index (χ1v) is 9.55. The number of anilines is 2. The van der Waals surface area contributed by atoms with Crippen LogP contribution < -0.4 is 15.0 Å². The molecule has 0 aromatic carbocycles. The molecule has 0 bridgehead atoms. The largest absolute Gasteiger partial charge is 0.494 e. The molecule has 1 aliphatic heterocycles. The van der Waals surface area contributed by atoms with Crippen molar-refractivity contribution in [3.63, 3.8) is 0 Å². The molecule has 1 aliphatic rings. The lowest BCUT2D eigenvalue weighted by Crippen LogP contribution is -2.27. The number of rotatable bonds is 5. The molecule has 11 heteroatoms. The number of thiophene rings is 1. The Kier molecular flexibility index (Phi) is 5.44. The van der Waals surface area contributed by atoms with E-state index in [1.54, 1.807) is 6.07 Å². The van der Waals surface area contributed by atoms with Gasteiger partial charge in [-0.05, 0) is 17.9 Å². The van der Waals surface area contributed by atoms with E-state index in [1.165, 1.54) is 18.4 Å². The van der Waals surface area contributed by atoms with Crippen LogP contribution in [0.2, 0.25) is 0 Å². The summed E-state index contributed by atoms with van der Waals surface area (Å²) in [4.78, 5) is 15.4. The summed E-state index contributed by atoms with van der Waals surface area (Å²) in [5, 5.41) is 20.4. The summed E-state index contributed by atoms with van der Waals surface area (Å²) >= 11 is 1.46. The van der Waals surface area contributed by atoms with Crippen molar-refractivity contribution in [1.29, 1.82) is 0 Å². The summed E-state index contributed by atoms with van der Waals surface area (Å²) in [6.07, 6.45) is 0.899. The van der Waals surface area contributed by atoms with Gasteiger partial charge in [0.05, 0.1) is 18.6 Å². The van der Waals surface area contributed by atoms with Crippen LogP contribution in [0.1, 0.15) is 16.9 Å². The standard InChI is InChI=1S/C17H18N6O4S/c1-25-11-10-13(23-5-3-7-26-8-6-23)19-20-14(11)15(24)18-17-22-21-16(27-17)12-4-2-9-28-12/h2,4,9-10H,3,5-8H2,1H3,(H,18,22,24). The number of hydrogen-bond acceptors (Lipinski definition) is 10. The molecule has 0 atom stereocenters. The van der Waals surface area contributed by atoms with Gasteiger partial charge in [0.2, 0.25) is 0 Å². The Morgan fingerprint density at radius 3 is 3.00 bits per heavy atom. The van der Waals surface area contributed by atoms with Crippen molar-refractivity contribution >= 4 is 29.1 Å². The molecule has 1 amide bonds. The molecule has 10 nitrogen and oxygen atoms in total. The Morgan fingerprint density at radius 1 is 1.25 bits per heavy atom. The van der Waals surface area contributed by atoms with Gasteiger partial charge in [0.25, 0.3) is 11.8 Å². The van der Waals surface area contributed by atoms with Gasteiger partial charge in [0, 0.05) is 25.8 Å². The zero-order valence-electron chi connectivity index (χ0n) is 15.1. The summed E-state index contributed by atoms with van der Waals surface area (Å²) in [5.74, 6) is 0.737. The van der Waals surface area contributed by atoms with E-state index in [4.69, 9.17) is 13.9 Å². The highest BCUT2D eigenvalue weighted by Crippen LogP contribution is 2.26. The summed E-state index contributed by atoms with van der Waals surface area (Å²) in [5.41, 5.74) is 0.0354. The predicted octanol–water partition coefficient (Wildman–Crippen LogP) is 2.08. The molecular formula is C17H18N6O4S. The highest BCUT2D eigenvalue weighted by Gasteiger charge is 2.21. The third-order valence-corrected chi connectivity index (χ3v) is 4.96. The second-order valence-corrected chi connectivity index (χ2v) is 6.86. The summed E-state index contributed by atoms with van der Waals surface area (Å²) in [6, 6.07) is 5.40. The fourth-order valence-corrected chi connectivity index (χ4v) is 3.38. The molecule has 3 aromatic rings. The smallest absolute Gasteiger partial charge is 0.322 e.